The largest absolute Gasteiger partial charge is 0.404 e. The first-order chi connectivity index (χ1) is 7.32. The lowest BCUT2D eigenvalue weighted by molar-refractivity contribution is -0.154. The van der Waals surface area contributed by atoms with Crippen LogP contribution in [0.5, 0.6) is 0 Å². The number of rotatable bonds is 3. The molecular formula is C10H10Cl2F3N. The van der Waals surface area contributed by atoms with E-state index in [-0.39, 0.29) is 6.42 Å². The minimum absolute atomic E-state index is 0.194. The zero-order valence-electron chi connectivity index (χ0n) is 8.41. The monoisotopic (exact) mass is 271 g/mol. The zero-order valence-corrected chi connectivity index (χ0v) is 9.92. The molecule has 0 aliphatic heterocycles. The Bertz CT molecular complexity index is 345. The standard InChI is InChI=1S/C10H10Cl2F3N/c1-16-9(10(13,14)15)4-6-2-7(11)5-8(12)3-6/h2-3,5,9,16H,4H2,1H3. The lowest BCUT2D eigenvalue weighted by Crippen LogP contribution is -2.41. The molecule has 0 aliphatic rings. The summed E-state index contributed by atoms with van der Waals surface area (Å²) in [6.45, 7) is 0. The minimum Gasteiger partial charge on any atom is -0.309 e. The Morgan fingerprint density at radius 2 is 1.69 bits per heavy atom. The van der Waals surface area contributed by atoms with Gasteiger partial charge in [0.15, 0.2) is 0 Å². The van der Waals surface area contributed by atoms with Gasteiger partial charge in [-0.15, -0.1) is 0 Å². The van der Waals surface area contributed by atoms with Crippen LogP contribution in [0.15, 0.2) is 18.2 Å². The number of hydrogen-bond donors (Lipinski definition) is 1. The predicted octanol–water partition coefficient (Wildman–Crippen LogP) is 3.69. The fourth-order valence-electron chi connectivity index (χ4n) is 1.35. The highest BCUT2D eigenvalue weighted by molar-refractivity contribution is 6.34. The van der Waals surface area contributed by atoms with E-state index in [1.165, 1.54) is 25.2 Å². The van der Waals surface area contributed by atoms with E-state index in [2.05, 4.69) is 5.32 Å². The molecule has 1 unspecified atom stereocenters. The fraction of sp³-hybridized carbons (Fsp3) is 0.400. The maximum atomic E-state index is 12.5. The molecule has 90 valence electrons. The van der Waals surface area contributed by atoms with Crippen molar-refractivity contribution in [3.05, 3.63) is 33.8 Å². The topological polar surface area (TPSA) is 12.0 Å². The van der Waals surface area contributed by atoms with Crippen LogP contribution in [-0.4, -0.2) is 19.3 Å². The summed E-state index contributed by atoms with van der Waals surface area (Å²) in [6, 6.07) is 2.84. The SMILES string of the molecule is CNC(Cc1cc(Cl)cc(Cl)c1)C(F)(F)F. The second-order valence-corrected chi connectivity index (χ2v) is 4.24. The fourth-order valence-corrected chi connectivity index (χ4v) is 1.92. The van der Waals surface area contributed by atoms with Crippen LogP contribution in [0.1, 0.15) is 5.56 Å². The third kappa shape index (κ3) is 3.85. The van der Waals surface area contributed by atoms with E-state index < -0.39 is 12.2 Å². The maximum absolute atomic E-state index is 12.5. The summed E-state index contributed by atoms with van der Waals surface area (Å²) in [7, 11) is 1.27. The first kappa shape index (κ1) is 13.6. The van der Waals surface area contributed by atoms with Crippen LogP contribution in [0.2, 0.25) is 10.0 Å². The molecule has 1 aromatic rings. The molecule has 1 atom stereocenters. The Hall–Kier alpha value is -0.450. The molecule has 0 fully saturated rings. The van der Waals surface area contributed by atoms with Crippen LogP contribution in [0.25, 0.3) is 0 Å². The summed E-state index contributed by atoms with van der Waals surface area (Å²) in [6.07, 6.45) is -4.48. The van der Waals surface area contributed by atoms with E-state index in [0.29, 0.717) is 15.6 Å². The average Bonchev–Trinajstić information content (AvgIpc) is 2.10. The van der Waals surface area contributed by atoms with E-state index in [4.69, 9.17) is 23.2 Å². The van der Waals surface area contributed by atoms with E-state index in [0.717, 1.165) is 0 Å². The van der Waals surface area contributed by atoms with Crippen LogP contribution < -0.4 is 5.32 Å². The molecule has 1 nitrogen and oxygen atoms in total. The van der Waals surface area contributed by atoms with Gasteiger partial charge in [0, 0.05) is 10.0 Å². The van der Waals surface area contributed by atoms with Crippen LogP contribution in [0.3, 0.4) is 0 Å². The van der Waals surface area contributed by atoms with Gasteiger partial charge in [-0.05, 0) is 37.2 Å². The van der Waals surface area contributed by atoms with Gasteiger partial charge in [0.1, 0.15) is 6.04 Å². The molecular weight excluding hydrogens is 262 g/mol. The van der Waals surface area contributed by atoms with Gasteiger partial charge in [0.2, 0.25) is 0 Å². The Balaban J connectivity index is 2.86. The zero-order chi connectivity index (χ0) is 12.3. The number of likely N-dealkylation sites (N-methyl/N-ethyl adjacent to an activating group) is 1. The van der Waals surface area contributed by atoms with Gasteiger partial charge < -0.3 is 5.32 Å². The Kier molecular flexibility index (Phi) is 4.47. The third-order valence-corrected chi connectivity index (χ3v) is 2.54. The quantitative estimate of drug-likeness (QED) is 0.884. The predicted molar refractivity (Wildman–Crippen MR) is 59.1 cm³/mol. The van der Waals surface area contributed by atoms with Gasteiger partial charge in [-0.2, -0.15) is 13.2 Å². The smallest absolute Gasteiger partial charge is 0.309 e. The van der Waals surface area contributed by atoms with Gasteiger partial charge >= 0.3 is 6.18 Å². The lowest BCUT2D eigenvalue weighted by atomic mass is 10.1. The maximum Gasteiger partial charge on any atom is 0.404 e. The van der Waals surface area contributed by atoms with Crippen molar-refractivity contribution in [2.24, 2.45) is 0 Å². The van der Waals surface area contributed by atoms with Crippen LogP contribution in [-0.2, 0) is 6.42 Å². The van der Waals surface area contributed by atoms with Crippen molar-refractivity contribution >= 4 is 23.2 Å². The summed E-state index contributed by atoms with van der Waals surface area (Å²) in [4.78, 5) is 0. The summed E-state index contributed by atoms with van der Waals surface area (Å²) in [5.74, 6) is 0. The Labute approximate surface area is 102 Å². The molecule has 0 amide bonds. The van der Waals surface area contributed by atoms with Crippen molar-refractivity contribution in [1.29, 1.82) is 0 Å². The van der Waals surface area contributed by atoms with Crippen molar-refractivity contribution in [2.45, 2.75) is 18.6 Å². The second kappa shape index (κ2) is 5.25. The first-order valence-electron chi connectivity index (χ1n) is 4.52. The second-order valence-electron chi connectivity index (χ2n) is 3.36. The molecule has 0 heterocycles. The third-order valence-electron chi connectivity index (χ3n) is 2.11. The van der Waals surface area contributed by atoms with Crippen molar-refractivity contribution in [2.75, 3.05) is 7.05 Å². The van der Waals surface area contributed by atoms with Crippen molar-refractivity contribution < 1.29 is 13.2 Å². The van der Waals surface area contributed by atoms with E-state index in [9.17, 15) is 13.2 Å². The molecule has 0 aliphatic carbocycles. The van der Waals surface area contributed by atoms with E-state index in [1.54, 1.807) is 0 Å². The Morgan fingerprint density at radius 1 is 1.19 bits per heavy atom. The molecule has 0 spiro atoms. The summed E-state index contributed by atoms with van der Waals surface area (Å²) in [5.41, 5.74) is 0.453. The van der Waals surface area contributed by atoms with E-state index >= 15 is 0 Å². The van der Waals surface area contributed by atoms with Gasteiger partial charge in [-0.25, -0.2) is 0 Å². The molecule has 0 radical (unpaired) electrons. The number of alkyl halides is 3. The van der Waals surface area contributed by atoms with Crippen molar-refractivity contribution in [1.82, 2.24) is 5.32 Å². The molecule has 1 aromatic carbocycles. The summed E-state index contributed by atoms with van der Waals surface area (Å²) in [5, 5.41) is 2.88. The van der Waals surface area contributed by atoms with Gasteiger partial charge in [-0.1, -0.05) is 23.2 Å². The molecule has 16 heavy (non-hydrogen) atoms. The molecule has 0 saturated carbocycles. The highest BCUT2D eigenvalue weighted by Crippen LogP contribution is 2.25. The number of halogens is 5. The highest BCUT2D eigenvalue weighted by Gasteiger charge is 2.38. The Morgan fingerprint density at radius 3 is 2.06 bits per heavy atom. The van der Waals surface area contributed by atoms with Gasteiger partial charge in [0.05, 0.1) is 0 Å². The van der Waals surface area contributed by atoms with Crippen LogP contribution in [0.4, 0.5) is 13.2 Å². The molecule has 1 N–H and O–H groups in total. The highest BCUT2D eigenvalue weighted by atomic mass is 35.5. The molecule has 0 bridgehead atoms. The molecule has 0 saturated heterocycles. The minimum atomic E-state index is -4.29. The van der Waals surface area contributed by atoms with Gasteiger partial charge in [0.25, 0.3) is 0 Å². The normalized spacial score (nSPS) is 13.9. The summed E-state index contributed by atoms with van der Waals surface area (Å²) < 4.78 is 37.4. The van der Waals surface area contributed by atoms with Crippen LogP contribution >= 0.6 is 23.2 Å². The molecule has 1 rings (SSSR count). The average molecular weight is 272 g/mol. The number of hydrogen-bond acceptors (Lipinski definition) is 1. The first-order valence-corrected chi connectivity index (χ1v) is 5.27. The molecule has 0 aromatic heterocycles. The van der Waals surface area contributed by atoms with Crippen molar-refractivity contribution in [3.63, 3.8) is 0 Å². The van der Waals surface area contributed by atoms with E-state index in [1.807, 2.05) is 0 Å². The lowest BCUT2D eigenvalue weighted by Gasteiger charge is -2.19. The van der Waals surface area contributed by atoms with Gasteiger partial charge in [-0.3, -0.25) is 0 Å². The molecule has 6 heteroatoms. The number of benzene rings is 1. The van der Waals surface area contributed by atoms with Crippen molar-refractivity contribution in [3.8, 4) is 0 Å². The number of nitrogens with one attached hydrogen (secondary N) is 1. The summed E-state index contributed by atoms with van der Waals surface area (Å²) >= 11 is 11.4. The van der Waals surface area contributed by atoms with Crippen LogP contribution in [0, 0.1) is 0 Å².